The summed E-state index contributed by atoms with van der Waals surface area (Å²) in [7, 11) is 0. The summed E-state index contributed by atoms with van der Waals surface area (Å²) >= 11 is 0. The van der Waals surface area contributed by atoms with Gasteiger partial charge in [-0.1, -0.05) is 272 Å². The van der Waals surface area contributed by atoms with Gasteiger partial charge in [-0.25, -0.2) is 0 Å². The molecule has 4 aliphatic rings. The van der Waals surface area contributed by atoms with Crippen molar-refractivity contribution in [2.24, 2.45) is 0 Å². The number of rotatable bonds is 19. The molecule has 0 saturated heterocycles. The Kier molecular flexibility index (Phi) is 15.1. The van der Waals surface area contributed by atoms with Crippen molar-refractivity contribution in [3.63, 3.8) is 0 Å². The molecule has 0 N–H and O–H groups in total. The lowest BCUT2D eigenvalue weighted by atomic mass is 9.70. The van der Waals surface area contributed by atoms with Gasteiger partial charge in [-0.15, -0.1) is 0 Å². The summed E-state index contributed by atoms with van der Waals surface area (Å²) in [5.74, 6) is 0. The number of unbranched alkanes of at least 4 members (excludes halogenated alkanes) is 4. The minimum Gasteiger partial charge on any atom is -0.310 e. The lowest BCUT2D eigenvalue weighted by Gasteiger charge is -2.35. The maximum atomic E-state index is 2.64. The fourth-order valence-electron chi connectivity index (χ4n) is 18.1. The summed E-state index contributed by atoms with van der Waals surface area (Å²) in [4.78, 5) is 5.12. The van der Waals surface area contributed by atoms with Crippen LogP contribution in [0.15, 0.2) is 249 Å². The monoisotopic (exact) mass is 1220 g/mol. The van der Waals surface area contributed by atoms with Crippen LogP contribution in [-0.4, -0.2) is 0 Å². The van der Waals surface area contributed by atoms with E-state index in [-0.39, 0.29) is 10.8 Å². The zero-order chi connectivity index (χ0) is 63.9. The first kappa shape index (κ1) is 59.5. The first-order valence-electron chi connectivity index (χ1n) is 35.4. The maximum absolute atomic E-state index is 2.64. The predicted octanol–water partition coefficient (Wildman–Crippen LogP) is 26.0. The first-order valence-corrected chi connectivity index (χ1v) is 35.4. The lowest BCUT2D eigenvalue weighted by molar-refractivity contribution is 0.414. The van der Waals surface area contributed by atoms with Crippen molar-refractivity contribution >= 4 is 44.9 Å². The average Bonchev–Trinajstić information content (AvgIpc) is 1.51. The van der Waals surface area contributed by atoms with Crippen molar-refractivity contribution in [3.8, 4) is 55.6 Å². The Balaban J connectivity index is 0.827. The van der Waals surface area contributed by atoms with Crippen LogP contribution < -0.4 is 9.80 Å². The first-order chi connectivity index (χ1) is 46.1. The van der Waals surface area contributed by atoms with E-state index in [0.717, 1.165) is 42.7 Å². The molecule has 12 aromatic carbocycles. The summed E-state index contributed by atoms with van der Waals surface area (Å²) < 4.78 is 0. The SMILES string of the molecule is CCCCC1(CCCC)c2cc(C)ccc2-c2ccc(N(c3ccc(-c4ccc(N(c5ccc6c(c5)-c5ccccc5C65c6ccccc6-c6ccccc65)c5cccc6ccccc56)cc4)c(C)c3)c3ccc4c(c3)C(CCCC)(CCCC)c3cc(C)ccc3-4)cc21. The van der Waals surface area contributed by atoms with Crippen molar-refractivity contribution in [2.75, 3.05) is 9.80 Å². The summed E-state index contributed by atoms with van der Waals surface area (Å²) in [6.07, 6.45) is 14.1. The number of nitrogens with zero attached hydrogens (tertiary/aromatic N) is 2. The van der Waals surface area contributed by atoms with E-state index in [1.165, 1.54) is 196 Å². The molecule has 16 rings (SSSR count). The van der Waals surface area contributed by atoms with E-state index < -0.39 is 5.41 Å². The standard InChI is InChI=1S/C92H86N2/c1-8-12-51-90(52-13-9-2)85-55-61(5)35-45-76(85)78-48-42-69(59-87(78)90)93(70-43-49-79-77-46-36-62(6)56-86(77)91(53-14-10-3,54-15-11-4)88(79)60-70)67-41-47-71(63(7)57-67)65-37-39-66(40-38-65)94(89-34-24-26-64-25-16-17-27-72(64)89)68-44-50-84-80(58-68)75-30-20-23-33-83(75)92(84)81-31-21-18-28-73(81)74-29-19-22-32-82(74)92/h16-50,55-60H,8-15,51-54H2,1-7H3. The van der Waals surface area contributed by atoms with Crippen molar-refractivity contribution in [1.29, 1.82) is 0 Å². The summed E-state index contributed by atoms with van der Waals surface area (Å²) in [6.45, 7) is 16.4. The van der Waals surface area contributed by atoms with Crippen molar-refractivity contribution in [2.45, 2.75) is 142 Å². The van der Waals surface area contributed by atoms with Gasteiger partial charge in [0.2, 0.25) is 0 Å². The minimum absolute atomic E-state index is 0.0451. The third-order valence-corrected chi connectivity index (χ3v) is 22.5. The van der Waals surface area contributed by atoms with Gasteiger partial charge >= 0.3 is 0 Å². The van der Waals surface area contributed by atoms with E-state index in [0.29, 0.717) is 0 Å². The second-order valence-corrected chi connectivity index (χ2v) is 28.0. The van der Waals surface area contributed by atoms with Crippen LogP contribution in [0.25, 0.3) is 66.4 Å². The van der Waals surface area contributed by atoms with Gasteiger partial charge in [0.1, 0.15) is 0 Å². The van der Waals surface area contributed by atoms with E-state index in [4.69, 9.17) is 0 Å². The molecule has 2 nitrogen and oxygen atoms in total. The van der Waals surface area contributed by atoms with E-state index in [1.54, 1.807) is 0 Å². The Labute approximate surface area is 558 Å². The van der Waals surface area contributed by atoms with E-state index in [1.807, 2.05) is 0 Å². The molecule has 0 radical (unpaired) electrons. The molecule has 464 valence electrons. The molecular weight excluding hydrogens is 1130 g/mol. The smallest absolute Gasteiger partial charge is 0.0725 e. The summed E-state index contributed by atoms with van der Waals surface area (Å²) in [5.41, 5.74) is 35.3. The molecule has 1 spiro atoms. The van der Waals surface area contributed by atoms with Crippen LogP contribution in [0.1, 0.15) is 166 Å². The topological polar surface area (TPSA) is 6.48 Å². The normalized spacial score (nSPS) is 14.2. The number of hydrogen-bond acceptors (Lipinski definition) is 2. The zero-order valence-corrected chi connectivity index (χ0v) is 56.1. The van der Waals surface area contributed by atoms with Crippen LogP contribution in [0.2, 0.25) is 0 Å². The van der Waals surface area contributed by atoms with Gasteiger partial charge in [0.25, 0.3) is 0 Å². The van der Waals surface area contributed by atoms with Gasteiger partial charge in [0.15, 0.2) is 0 Å². The van der Waals surface area contributed by atoms with Gasteiger partial charge in [0, 0.05) is 44.7 Å². The van der Waals surface area contributed by atoms with Crippen molar-refractivity contribution in [1.82, 2.24) is 0 Å². The van der Waals surface area contributed by atoms with Crippen LogP contribution in [0.3, 0.4) is 0 Å². The third-order valence-electron chi connectivity index (χ3n) is 22.5. The summed E-state index contributed by atoms with van der Waals surface area (Å²) in [5, 5.41) is 2.43. The highest BCUT2D eigenvalue weighted by atomic mass is 15.1. The Morgan fingerprint density at radius 1 is 0.277 bits per heavy atom. The molecule has 0 fully saturated rings. The Morgan fingerprint density at radius 2 is 0.660 bits per heavy atom. The number of aryl methyl sites for hydroxylation is 3. The molecule has 0 atom stereocenters. The van der Waals surface area contributed by atoms with E-state index in [9.17, 15) is 0 Å². The number of anilines is 6. The minimum atomic E-state index is -0.406. The van der Waals surface area contributed by atoms with Crippen LogP contribution >= 0.6 is 0 Å². The fraction of sp³-hybridized carbons (Fsp3) is 0.239. The molecule has 2 heteroatoms. The molecule has 12 aromatic rings. The van der Waals surface area contributed by atoms with E-state index in [2.05, 4.69) is 307 Å². The number of hydrogen-bond donors (Lipinski definition) is 0. The highest BCUT2D eigenvalue weighted by molar-refractivity contribution is 6.01. The molecule has 0 unspecified atom stereocenters. The van der Waals surface area contributed by atoms with E-state index >= 15 is 0 Å². The van der Waals surface area contributed by atoms with Gasteiger partial charge in [0.05, 0.1) is 11.1 Å². The van der Waals surface area contributed by atoms with Crippen LogP contribution in [-0.2, 0) is 16.2 Å². The third kappa shape index (κ3) is 9.17. The summed E-state index contributed by atoms with van der Waals surface area (Å²) in [6, 6.07) is 96.7. The van der Waals surface area contributed by atoms with Crippen LogP contribution in [0.4, 0.5) is 34.1 Å². The molecule has 0 aromatic heterocycles. The molecule has 0 bridgehead atoms. The zero-order valence-electron chi connectivity index (χ0n) is 56.1. The number of benzene rings is 12. The molecule has 0 amide bonds. The largest absolute Gasteiger partial charge is 0.310 e. The second-order valence-electron chi connectivity index (χ2n) is 28.0. The molecule has 94 heavy (non-hydrogen) atoms. The van der Waals surface area contributed by atoms with Crippen molar-refractivity contribution < 1.29 is 0 Å². The lowest BCUT2D eigenvalue weighted by Crippen LogP contribution is -2.26. The second kappa shape index (κ2) is 23.8. The molecule has 0 heterocycles. The predicted molar refractivity (Wildman–Crippen MR) is 400 cm³/mol. The highest BCUT2D eigenvalue weighted by Crippen LogP contribution is 2.64. The van der Waals surface area contributed by atoms with Gasteiger partial charge < -0.3 is 9.80 Å². The Hall–Kier alpha value is -9.50. The molecular formula is C92H86N2. The van der Waals surface area contributed by atoms with Crippen molar-refractivity contribution in [3.05, 3.63) is 310 Å². The fourth-order valence-corrected chi connectivity index (χ4v) is 18.1. The number of fused-ring (bicyclic) bond motifs is 17. The Morgan fingerprint density at radius 3 is 1.17 bits per heavy atom. The maximum Gasteiger partial charge on any atom is 0.0725 e. The quantitative estimate of drug-likeness (QED) is 0.0796. The van der Waals surface area contributed by atoms with Gasteiger partial charge in [-0.05, 0) is 224 Å². The van der Waals surface area contributed by atoms with Gasteiger partial charge in [-0.3, -0.25) is 0 Å². The molecule has 4 aliphatic carbocycles. The van der Waals surface area contributed by atoms with Crippen LogP contribution in [0, 0.1) is 20.8 Å². The Bertz CT molecular complexity index is 4730. The molecule has 0 saturated carbocycles. The van der Waals surface area contributed by atoms with Gasteiger partial charge in [-0.2, -0.15) is 0 Å². The van der Waals surface area contributed by atoms with Crippen LogP contribution in [0.5, 0.6) is 0 Å². The highest BCUT2D eigenvalue weighted by Gasteiger charge is 2.52. The average molecular weight is 1220 g/mol. The molecule has 0 aliphatic heterocycles.